The molecule has 0 aliphatic carbocycles. The van der Waals surface area contributed by atoms with E-state index in [-0.39, 0.29) is 18.4 Å². The summed E-state index contributed by atoms with van der Waals surface area (Å²) in [6.45, 7) is 0. The van der Waals surface area contributed by atoms with Crippen LogP contribution in [0.1, 0.15) is 32.7 Å². The maximum atomic E-state index is 13.9. The molecule has 2 N–H and O–H groups in total. The number of nitrogens with zero attached hydrogens (tertiary/aromatic N) is 2. The number of amides is 1. The molecule has 0 saturated carbocycles. The maximum Gasteiger partial charge on any atom is 0.326 e. The molecular weight excluding hydrogens is 489 g/mol. The Bertz CT molecular complexity index is 1320. The first kappa shape index (κ1) is 26.0. The van der Waals surface area contributed by atoms with Crippen molar-refractivity contribution in [2.45, 2.75) is 24.5 Å². The Labute approximate surface area is 199 Å². The molecule has 0 bridgehead atoms. The Kier molecular flexibility index (Phi) is 7.70. The Morgan fingerprint density at radius 1 is 1.11 bits per heavy atom. The molecule has 3 aromatic rings. The number of aliphatic carboxylic acids is 1. The van der Waals surface area contributed by atoms with Crippen LogP contribution in [0.25, 0.3) is 0 Å². The van der Waals surface area contributed by atoms with Crippen molar-refractivity contribution in [1.29, 1.82) is 0 Å². The summed E-state index contributed by atoms with van der Waals surface area (Å²) < 4.78 is 55.9. The van der Waals surface area contributed by atoms with E-state index < -0.39 is 52.0 Å². The minimum Gasteiger partial charge on any atom is -0.480 e. The van der Waals surface area contributed by atoms with E-state index in [0.29, 0.717) is 11.1 Å². The van der Waals surface area contributed by atoms with E-state index >= 15 is 0 Å². The molecule has 0 fully saturated rings. The fourth-order valence-electron chi connectivity index (χ4n) is 3.43. The van der Waals surface area contributed by atoms with Gasteiger partial charge in [0.2, 0.25) is 0 Å². The third-order valence-corrected chi connectivity index (χ3v) is 5.39. The summed E-state index contributed by atoms with van der Waals surface area (Å²) in [5, 5.41) is 15.2. The number of carboxylic acids is 1. The number of benzene rings is 2. The predicted molar refractivity (Wildman–Crippen MR) is 121 cm³/mol. The zero-order valence-corrected chi connectivity index (χ0v) is 19.4. The van der Waals surface area contributed by atoms with Gasteiger partial charge in [-0.25, -0.2) is 18.3 Å². The summed E-state index contributed by atoms with van der Waals surface area (Å²) >= 11 is 0. The lowest BCUT2D eigenvalue weighted by Crippen LogP contribution is -2.43. The lowest BCUT2D eigenvalue weighted by atomic mass is 9.99. The summed E-state index contributed by atoms with van der Waals surface area (Å²) in [7, 11) is 2.60. The summed E-state index contributed by atoms with van der Waals surface area (Å²) in [4.78, 5) is 36.4. The summed E-state index contributed by atoms with van der Waals surface area (Å²) in [6.07, 6.45) is -0.282. The van der Waals surface area contributed by atoms with Gasteiger partial charge in [-0.15, -0.1) is 0 Å². The van der Waals surface area contributed by atoms with Crippen LogP contribution in [0, 0.1) is 11.6 Å². The van der Waals surface area contributed by atoms with Crippen molar-refractivity contribution in [3.63, 3.8) is 0 Å². The van der Waals surface area contributed by atoms with Gasteiger partial charge in [0.25, 0.3) is 11.5 Å². The molecule has 2 aromatic carbocycles. The second kappa shape index (κ2) is 10.4. The molecule has 0 aliphatic rings. The van der Waals surface area contributed by atoms with Gasteiger partial charge in [0.1, 0.15) is 28.9 Å². The zero-order chi connectivity index (χ0) is 25.9. The number of carbonyl (C=O) groups is 2. The minimum absolute atomic E-state index is 0.0404. The van der Waals surface area contributed by atoms with Gasteiger partial charge in [-0.2, -0.15) is 13.9 Å². The Balaban J connectivity index is 1.83. The van der Waals surface area contributed by atoms with Crippen LogP contribution in [0.4, 0.5) is 17.6 Å². The second-order valence-corrected chi connectivity index (χ2v) is 8.49. The number of aryl methyl sites for hydroxylation is 1. The number of alkyl halides is 2. The first-order chi connectivity index (χ1) is 16.4. The molecule has 12 heteroatoms. The molecule has 0 aliphatic heterocycles. The third-order valence-electron chi connectivity index (χ3n) is 5.10. The maximum absolute atomic E-state index is 13.9. The summed E-state index contributed by atoms with van der Waals surface area (Å²) in [5.74, 6) is -4.93. The number of nitrogens with one attached hydrogen (secondary N) is 1. The van der Waals surface area contributed by atoms with Gasteiger partial charge < -0.3 is 10.4 Å². The molecule has 2 atom stereocenters. The van der Waals surface area contributed by atoms with Crippen LogP contribution in [0.5, 0.6) is 0 Å². The number of aromatic nitrogens is 2. The third kappa shape index (κ3) is 6.30. The summed E-state index contributed by atoms with van der Waals surface area (Å²) in [6, 6.07) is 8.59. The monoisotopic (exact) mass is 509 g/mol. The van der Waals surface area contributed by atoms with E-state index in [9.17, 15) is 37.1 Å². The van der Waals surface area contributed by atoms with Gasteiger partial charge in [-0.3, -0.25) is 9.59 Å². The van der Waals surface area contributed by atoms with Gasteiger partial charge in [0, 0.05) is 25.5 Å². The summed E-state index contributed by atoms with van der Waals surface area (Å²) in [5.41, 5.74) is -4.43. The first-order valence-electron chi connectivity index (χ1n) is 10.2. The van der Waals surface area contributed by atoms with Crippen molar-refractivity contribution >= 4 is 21.1 Å². The smallest absolute Gasteiger partial charge is 0.326 e. The number of rotatable bonds is 8. The second-order valence-electron chi connectivity index (χ2n) is 7.77. The van der Waals surface area contributed by atoms with E-state index in [0.717, 1.165) is 28.9 Å². The molecule has 0 spiro atoms. The molecular formula is C23H20F4N3O4P. The molecule has 7 nitrogen and oxygen atoms in total. The lowest BCUT2D eigenvalue weighted by molar-refractivity contribution is -0.139. The van der Waals surface area contributed by atoms with Crippen LogP contribution in [0.2, 0.25) is 0 Å². The van der Waals surface area contributed by atoms with E-state index in [1.54, 1.807) is 24.3 Å². The van der Waals surface area contributed by atoms with Crippen LogP contribution in [0.3, 0.4) is 0 Å². The standard InChI is InChI=1S/C23H20F4N3O4P/c1-30-21(32)14(11-18(29-30)23(26,27)35)9-12-4-2-5-13(8-12)10-17(22(33)34)28-20(31)19-15(24)6-3-7-16(19)25/h2-8,11,17H,9-10,35H2,1H3,(H,28,31)(H,33,34)/t17-/m0/s1. The largest absolute Gasteiger partial charge is 0.480 e. The quantitative estimate of drug-likeness (QED) is 0.359. The predicted octanol–water partition coefficient (Wildman–Crippen LogP) is 3.00. The Hall–Kier alpha value is -3.59. The van der Waals surface area contributed by atoms with Crippen molar-refractivity contribution in [3.05, 3.63) is 98.5 Å². The highest BCUT2D eigenvalue weighted by Crippen LogP contribution is 2.33. The van der Waals surface area contributed by atoms with Crippen LogP contribution >= 0.6 is 9.24 Å². The molecule has 184 valence electrons. The van der Waals surface area contributed by atoms with Gasteiger partial charge in [-0.05, 0) is 29.3 Å². The average molecular weight is 509 g/mol. The van der Waals surface area contributed by atoms with Crippen molar-refractivity contribution in [1.82, 2.24) is 15.1 Å². The van der Waals surface area contributed by atoms with Gasteiger partial charge >= 0.3 is 11.6 Å². The Morgan fingerprint density at radius 2 is 1.71 bits per heavy atom. The number of halogens is 4. The number of carbonyl (C=O) groups excluding carboxylic acids is 1. The number of hydrogen-bond donors (Lipinski definition) is 2. The average Bonchev–Trinajstić information content (AvgIpc) is 2.75. The molecule has 1 amide bonds. The van der Waals surface area contributed by atoms with E-state index in [2.05, 4.69) is 10.4 Å². The first-order valence-corrected chi connectivity index (χ1v) is 10.7. The van der Waals surface area contributed by atoms with Gasteiger partial charge in [-0.1, -0.05) is 39.6 Å². The Morgan fingerprint density at radius 3 is 2.31 bits per heavy atom. The van der Waals surface area contributed by atoms with Crippen LogP contribution in [0.15, 0.2) is 53.3 Å². The van der Waals surface area contributed by atoms with Crippen molar-refractivity contribution in [2.24, 2.45) is 7.05 Å². The van der Waals surface area contributed by atoms with Gasteiger partial charge in [0.15, 0.2) is 0 Å². The van der Waals surface area contributed by atoms with Crippen molar-refractivity contribution in [2.75, 3.05) is 0 Å². The molecule has 1 aromatic heterocycles. The molecule has 1 unspecified atom stereocenters. The van der Waals surface area contributed by atoms with Gasteiger partial charge in [0.05, 0.1) is 0 Å². The topological polar surface area (TPSA) is 101 Å². The fourth-order valence-corrected chi connectivity index (χ4v) is 3.57. The van der Waals surface area contributed by atoms with Crippen molar-refractivity contribution < 1.29 is 32.3 Å². The minimum atomic E-state index is -3.34. The highest BCUT2D eigenvalue weighted by Gasteiger charge is 2.28. The lowest BCUT2D eigenvalue weighted by Gasteiger charge is -2.16. The molecule has 1 heterocycles. The number of carboxylic acid groups (broad SMARTS) is 1. The van der Waals surface area contributed by atoms with E-state index in [1.165, 1.54) is 16.3 Å². The zero-order valence-electron chi connectivity index (χ0n) is 18.3. The number of hydrogen-bond acceptors (Lipinski definition) is 4. The fraction of sp³-hybridized carbons (Fsp3) is 0.217. The molecule has 0 saturated heterocycles. The molecule has 0 radical (unpaired) electrons. The highest BCUT2D eigenvalue weighted by molar-refractivity contribution is 7.17. The highest BCUT2D eigenvalue weighted by atomic mass is 31.0. The van der Waals surface area contributed by atoms with Crippen LogP contribution in [-0.4, -0.2) is 32.8 Å². The molecule has 35 heavy (non-hydrogen) atoms. The SMILES string of the molecule is Cn1nc(C(F)(F)P)cc(Cc2cccc(C[C@H](NC(=O)c3c(F)cccc3F)C(=O)O)c2)c1=O. The molecule has 3 rings (SSSR count). The van der Waals surface area contributed by atoms with Crippen molar-refractivity contribution in [3.8, 4) is 0 Å². The van der Waals surface area contributed by atoms with Crippen LogP contribution in [-0.2, 0) is 30.3 Å². The van der Waals surface area contributed by atoms with E-state index in [4.69, 9.17) is 0 Å². The normalized spacial score (nSPS) is 12.3. The van der Waals surface area contributed by atoms with Crippen LogP contribution < -0.4 is 10.9 Å². The van der Waals surface area contributed by atoms with E-state index in [1.807, 2.05) is 0 Å².